The van der Waals surface area contributed by atoms with Crippen LogP contribution in [0.4, 0.5) is 11.4 Å². The Bertz CT molecular complexity index is 1080. The van der Waals surface area contributed by atoms with E-state index in [0.717, 1.165) is 5.56 Å². The zero-order valence-corrected chi connectivity index (χ0v) is 15.8. The number of hydrogen-bond acceptors (Lipinski definition) is 5. The van der Waals surface area contributed by atoms with Crippen LogP contribution >= 0.6 is 0 Å². The van der Waals surface area contributed by atoms with Gasteiger partial charge in [-0.05, 0) is 42.3 Å². The van der Waals surface area contributed by atoms with E-state index in [2.05, 4.69) is 15.4 Å². The molecule has 1 aliphatic heterocycles. The molecular formula is C19H19N5O3S. The van der Waals surface area contributed by atoms with Crippen LogP contribution in [0.3, 0.4) is 0 Å². The van der Waals surface area contributed by atoms with Crippen molar-refractivity contribution in [2.75, 3.05) is 21.9 Å². The van der Waals surface area contributed by atoms with E-state index >= 15 is 0 Å². The van der Waals surface area contributed by atoms with Gasteiger partial charge in [0, 0.05) is 17.8 Å². The highest BCUT2D eigenvalue weighted by molar-refractivity contribution is 7.93. The largest absolute Gasteiger partial charge is 0.322 e. The normalized spacial score (nSPS) is 15.5. The highest BCUT2D eigenvalue weighted by Crippen LogP contribution is 2.24. The Hall–Kier alpha value is -3.20. The number of sulfonamides is 1. The SMILES string of the molecule is O=C(Nc1ccccc1Cn1cncn1)c1ccc(N2CCCS2(=O)=O)cc1. The van der Waals surface area contributed by atoms with Gasteiger partial charge >= 0.3 is 0 Å². The lowest BCUT2D eigenvalue weighted by Gasteiger charge is -2.17. The lowest BCUT2D eigenvalue weighted by Crippen LogP contribution is -2.25. The maximum atomic E-state index is 12.7. The summed E-state index contributed by atoms with van der Waals surface area (Å²) in [6.45, 7) is 0.964. The van der Waals surface area contributed by atoms with Crippen LogP contribution in [0.5, 0.6) is 0 Å². The first-order valence-electron chi connectivity index (χ1n) is 8.85. The molecular weight excluding hydrogens is 378 g/mol. The van der Waals surface area contributed by atoms with Crippen molar-refractivity contribution >= 4 is 27.3 Å². The molecule has 28 heavy (non-hydrogen) atoms. The minimum atomic E-state index is -3.23. The molecule has 0 saturated carbocycles. The van der Waals surface area contributed by atoms with Crippen molar-refractivity contribution in [1.29, 1.82) is 0 Å². The molecule has 1 saturated heterocycles. The van der Waals surface area contributed by atoms with Gasteiger partial charge in [0.2, 0.25) is 10.0 Å². The smallest absolute Gasteiger partial charge is 0.255 e. The molecule has 1 amide bonds. The number of hydrogen-bond donors (Lipinski definition) is 1. The first-order valence-corrected chi connectivity index (χ1v) is 10.5. The predicted molar refractivity (Wildman–Crippen MR) is 106 cm³/mol. The van der Waals surface area contributed by atoms with Gasteiger partial charge in [-0.25, -0.2) is 18.1 Å². The Morgan fingerprint density at radius 1 is 1.11 bits per heavy atom. The molecule has 0 bridgehead atoms. The number of amides is 1. The predicted octanol–water partition coefficient (Wildman–Crippen LogP) is 2.12. The van der Waals surface area contributed by atoms with E-state index < -0.39 is 10.0 Å². The molecule has 0 unspecified atom stereocenters. The molecule has 3 aromatic rings. The number of rotatable bonds is 5. The van der Waals surface area contributed by atoms with E-state index in [0.29, 0.717) is 36.4 Å². The third-order valence-electron chi connectivity index (χ3n) is 4.58. The van der Waals surface area contributed by atoms with Crippen molar-refractivity contribution in [3.8, 4) is 0 Å². The van der Waals surface area contributed by atoms with E-state index in [4.69, 9.17) is 0 Å². The summed E-state index contributed by atoms with van der Waals surface area (Å²) in [5.74, 6) is -0.0977. The molecule has 1 fully saturated rings. The van der Waals surface area contributed by atoms with Gasteiger partial charge < -0.3 is 5.32 Å². The van der Waals surface area contributed by atoms with E-state index in [1.54, 1.807) is 35.3 Å². The van der Waals surface area contributed by atoms with Crippen molar-refractivity contribution in [3.05, 3.63) is 72.3 Å². The number of benzene rings is 2. The van der Waals surface area contributed by atoms with E-state index in [1.807, 2.05) is 24.3 Å². The van der Waals surface area contributed by atoms with Crippen LogP contribution in [0.2, 0.25) is 0 Å². The maximum Gasteiger partial charge on any atom is 0.255 e. The number of nitrogens with one attached hydrogen (secondary N) is 1. The number of nitrogens with zero attached hydrogens (tertiary/aromatic N) is 4. The van der Waals surface area contributed by atoms with Crippen molar-refractivity contribution in [3.63, 3.8) is 0 Å². The van der Waals surface area contributed by atoms with Crippen molar-refractivity contribution < 1.29 is 13.2 Å². The van der Waals surface area contributed by atoms with Gasteiger partial charge in [0.15, 0.2) is 0 Å². The fourth-order valence-corrected chi connectivity index (χ4v) is 4.74. The second-order valence-electron chi connectivity index (χ2n) is 6.49. The van der Waals surface area contributed by atoms with Gasteiger partial charge in [-0.2, -0.15) is 5.10 Å². The van der Waals surface area contributed by atoms with Crippen LogP contribution in [-0.4, -0.2) is 41.4 Å². The first-order chi connectivity index (χ1) is 13.5. The Balaban J connectivity index is 1.50. The first kappa shape index (κ1) is 18.2. The second-order valence-corrected chi connectivity index (χ2v) is 8.51. The van der Waals surface area contributed by atoms with Crippen LogP contribution in [0, 0.1) is 0 Å². The molecule has 0 radical (unpaired) electrons. The van der Waals surface area contributed by atoms with Crippen molar-refractivity contribution in [2.24, 2.45) is 0 Å². The van der Waals surface area contributed by atoms with Crippen LogP contribution in [0.1, 0.15) is 22.3 Å². The third kappa shape index (κ3) is 3.74. The molecule has 0 aliphatic carbocycles. The summed E-state index contributed by atoms with van der Waals surface area (Å²) < 4.78 is 27.1. The highest BCUT2D eigenvalue weighted by Gasteiger charge is 2.28. The Morgan fingerprint density at radius 3 is 2.57 bits per heavy atom. The molecule has 1 aromatic heterocycles. The molecule has 0 atom stereocenters. The molecule has 1 N–H and O–H groups in total. The molecule has 9 heteroatoms. The molecule has 0 spiro atoms. The van der Waals surface area contributed by atoms with Crippen molar-refractivity contribution in [2.45, 2.75) is 13.0 Å². The number of anilines is 2. The van der Waals surface area contributed by atoms with Crippen molar-refractivity contribution in [1.82, 2.24) is 14.8 Å². The third-order valence-corrected chi connectivity index (χ3v) is 6.45. The van der Waals surface area contributed by atoms with Crippen LogP contribution in [0.15, 0.2) is 61.2 Å². The van der Waals surface area contributed by atoms with Gasteiger partial charge in [-0.15, -0.1) is 0 Å². The zero-order valence-electron chi connectivity index (χ0n) is 15.0. The Kier molecular flexibility index (Phi) is 4.82. The lowest BCUT2D eigenvalue weighted by atomic mass is 10.1. The minimum absolute atomic E-state index is 0.164. The monoisotopic (exact) mass is 397 g/mol. The van der Waals surface area contributed by atoms with Gasteiger partial charge in [0.1, 0.15) is 12.7 Å². The fourth-order valence-electron chi connectivity index (χ4n) is 3.17. The highest BCUT2D eigenvalue weighted by atomic mass is 32.2. The lowest BCUT2D eigenvalue weighted by molar-refractivity contribution is 0.102. The molecule has 1 aliphatic rings. The van der Waals surface area contributed by atoms with Gasteiger partial charge in [0.25, 0.3) is 5.91 Å². The molecule has 4 rings (SSSR count). The quantitative estimate of drug-likeness (QED) is 0.711. The molecule has 2 heterocycles. The van der Waals surface area contributed by atoms with E-state index in [9.17, 15) is 13.2 Å². The number of aromatic nitrogens is 3. The zero-order chi connectivity index (χ0) is 19.6. The van der Waals surface area contributed by atoms with E-state index in [1.165, 1.54) is 10.6 Å². The maximum absolute atomic E-state index is 12.7. The van der Waals surface area contributed by atoms with Gasteiger partial charge in [-0.3, -0.25) is 9.10 Å². The summed E-state index contributed by atoms with van der Waals surface area (Å²) in [6.07, 6.45) is 3.69. The van der Waals surface area contributed by atoms with Crippen LogP contribution in [0.25, 0.3) is 0 Å². The van der Waals surface area contributed by atoms with Gasteiger partial charge in [0.05, 0.1) is 18.0 Å². The summed E-state index contributed by atoms with van der Waals surface area (Å²) >= 11 is 0. The number of carbonyl (C=O) groups excluding carboxylic acids is 1. The summed E-state index contributed by atoms with van der Waals surface area (Å²) in [6, 6.07) is 14.1. The standard InChI is InChI=1S/C19H19N5O3S/c25-19(15-6-8-17(9-7-15)24-10-3-11-28(24,26)27)22-18-5-2-1-4-16(18)12-23-14-20-13-21-23/h1-2,4-9,13-14H,3,10-12H2,(H,22,25). The van der Waals surface area contributed by atoms with E-state index in [-0.39, 0.29) is 11.7 Å². The van der Waals surface area contributed by atoms with Crippen LogP contribution in [-0.2, 0) is 16.6 Å². The number of para-hydroxylation sites is 1. The second kappa shape index (κ2) is 7.43. The Morgan fingerprint density at radius 2 is 1.89 bits per heavy atom. The molecule has 8 nitrogen and oxygen atoms in total. The van der Waals surface area contributed by atoms with Gasteiger partial charge in [-0.1, -0.05) is 18.2 Å². The Labute approximate surface area is 162 Å². The summed E-state index contributed by atoms with van der Waals surface area (Å²) in [7, 11) is -3.23. The fraction of sp³-hybridized carbons (Fsp3) is 0.211. The summed E-state index contributed by atoms with van der Waals surface area (Å²) in [4.78, 5) is 16.6. The number of carbonyl (C=O) groups is 1. The average Bonchev–Trinajstić information content (AvgIpc) is 3.32. The summed E-state index contributed by atoms with van der Waals surface area (Å²) in [5, 5.41) is 7.00. The minimum Gasteiger partial charge on any atom is -0.322 e. The topological polar surface area (TPSA) is 97.2 Å². The van der Waals surface area contributed by atoms with Crippen LogP contribution < -0.4 is 9.62 Å². The molecule has 144 valence electrons. The summed E-state index contributed by atoms with van der Waals surface area (Å²) in [5.41, 5.74) is 2.63. The molecule has 2 aromatic carbocycles. The average molecular weight is 397 g/mol.